The summed E-state index contributed by atoms with van der Waals surface area (Å²) in [4.78, 5) is 26.5. The number of nitrogens with two attached hydrogens (primary N) is 1. The van der Waals surface area contributed by atoms with E-state index in [1.807, 2.05) is 10.6 Å². The second-order valence-corrected chi connectivity index (χ2v) is 7.84. The number of carbonyl (C=O) groups is 1. The smallest absolute Gasteiger partial charge is 0.341 e. The molecule has 4 rings (SSSR count). The Morgan fingerprint density at radius 2 is 2.00 bits per heavy atom. The molecule has 2 aliphatic rings. The SMILES string of the molecule is COc1c(N2C[C@@H](C)C[C@@H](N)C2)ccc2c(=O)c(C(=O)O)cn(C3CC3)c12.O. The number of carboxylic acids is 1. The maximum absolute atomic E-state index is 12.7. The zero-order valence-corrected chi connectivity index (χ0v) is 16.1. The van der Waals surface area contributed by atoms with Crippen LogP contribution in [0.2, 0.25) is 0 Å². The topological polar surface area (TPSA) is 129 Å². The van der Waals surface area contributed by atoms with Crippen molar-refractivity contribution in [2.45, 2.75) is 38.3 Å². The van der Waals surface area contributed by atoms with Crippen molar-refractivity contribution in [3.05, 3.63) is 34.1 Å². The first kappa shape index (κ1) is 20.2. The van der Waals surface area contributed by atoms with Gasteiger partial charge >= 0.3 is 5.97 Å². The van der Waals surface area contributed by atoms with E-state index in [-0.39, 0.29) is 23.1 Å². The van der Waals surface area contributed by atoms with Gasteiger partial charge in [-0.15, -0.1) is 0 Å². The summed E-state index contributed by atoms with van der Waals surface area (Å²) >= 11 is 0. The van der Waals surface area contributed by atoms with Gasteiger partial charge in [-0.3, -0.25) is 4.79 Å². The summed E-state index contributed by atoms with van der Waals surface area (Å²) in [6.07, 6.45) is 4.40. The van der Waals surface area contributed by atoms with Crippen molar-refractivity contribution in [2.24, 2.45) is 11.7 Å². The molecule has 2 aromatic rings. The van der Waals surface area contributed by atoms with Gasteiger partial charge < -0.3 is 30.5 Å². The van der Waals surface area contributed by atoms with Gasteiger partial charge in [-0.05, 0) is 37.3 Å². The molecule has 1 saturated heterocycles. The number of ether oxygens (including phenoxy) is 1. The Bertz CT molecular complexity index is 956. The van der Waals surface area contributed by atoms with Gasteiger partial charge in [-0.1, -0.05) is 6.92 Å². The number of aromatic nitrogens is 1. The Balaban J connectivity index is 0.00000225. The molecule has 1 aromatic carbocycles. The lowest BCUT2D eigenvalue weighted by molar-refractivity contribution is 0.0695. The van der Waals surface area contributed by atoms with Crippen LogP contribution in [-0.2, 0) is 0 Å². The van der Waals surface area contributed by atoms with E-state index in [4.69, 9.17) is 10.5 Å². The molecule has 1 aromatic heterocycles. The lowest BCUT2D eigenvalue weighted by atomic mass is 9.95. The molecule has 1 aliphatic heterocycles. The third-order valence-electron chi connectivity index (χ3n) is 5.53. The monoisotopic (exact) mass is 389 g/mol. The molecule has 8 heteroatoms. The van der Waals surface area contributed by atoms with Crippen LogP contribution in [0.3, 0.4) is 0 Å². The highest BCUT2D eigenvalue weighted by molar-refractivity contribution is 5.97. The number of methoxy groups -OCH3 is 1. The van der Waals surface area contributed by atoms with E-state index < -0.39 is 11.4 Å². The van der Waals surface area contributed by atoms with E-state index in [1.54, 1.807) is 13.2 Å². The number of pyridine rings is 1. The molecule has 5 N–H and O–H groups in total. The van der Waals surface area contributed by atoms with Crippen molar-refractivity contribution < 1.29 is 20.1 Å². The predicted octanol–water partition coefficient (Wildman–Crippen LogP) is 1.39. The molecule has 1 saturated carbocycles. The normalized spacial score (nSPS) is 22.0. The van der Waals surface area contributed by atoms with E-state index in [9.17, 15) is 14.7 Å². The maximum Gasteiger partial charge on any atom is 0.341 e. The quantitative estimate of drug-likeness (QED) is 0.813. The van der Waals surface area contributed by atoms with E-state index in [1.165, 1.54) is 6.20 Å². The molecule has 8 nitrogen and oxygen atoms in total. The van der Waals surface area contributed by atoms with Gasteiger partial charge in [0.15, 0.2) is 5.75 Å². The fraction of sp³-hybridized carbons (Fsp3) is 0.500. The molecule has 2 fully saturated rings. The Kier molecular flexibility index (Phi) is 5.36. The van der Waals surface area contributed by atoms with Crippen molar-refractivity contribution in [3.8, 4) is 5.75 Å². The minimum absolute atomic E-state index is 0. The third-order valence-corrected chi connectivity index (χ3v) is 5.53. The molecule has 152 valence electrons. The van der Waals surface area contributed by atoms with E-state index in [0.717, 1.165) is 38.0 Å². The highest BCUT2D eigenvalue weighted by atomic mass is 16.5. The first-order valence-corrected chi connectivity index (χ1v) is 9.40. The van der Waals surface area contributed by atoms with Crippen molar-refractivity contribution in [2.75, 3.05) is 25.1 Å². The number of benzene rings is 1. The number of piperidine rings is 1. The largest absolute Gasteiger partial charge is 0.492 e. The van der Waals surface area contributed by atoms with Gasteiger partial charge in [0.1, 0.15) is 5.56 Å². The lowest BCUT2D eigenvalue weighted by Gasteiger charge is -2.37. The number of fused-ring (bicyclic) bond motifs is 1. The molecule has 0 spiro atoms. The summed E-state index contributed by atoms with van der Waals surface area (Å²) in [7, 11) is 1.60. The number of rotatable bonds is 4. The molecular formula is C20H27N3O5. The molecule has 0 unspecified atom stereocenters. The lowest BCUT2D eigenvalue weighted by Crippen LogP contribution is -2.46. The van der Waals surface area contributed by atoms with Crippen LogP contribution >= 0.6 is 0 Å². The molecule has 0 bridgehead atoms. The van der Waals surface area contributed by atoms with Gasteiger partial charge in [0, 0.05) is 31.4 Å². The highest BCUT2D eigenvalue weighted by Gasteiger charge is 2.31. The number of aromatic carboxylic acids is 1. The molecule has 0 amide bonds. The zero-order valence-electron chi connectivity index (χ0n) is 16.1. The molecule has 0 radical (unpaired) electrons. The fourth-order valence-corrected chi connectivity index (χ4v) is 4.25. The van der Waals surface area contributed by atoms with Crippen molar-refractivity contribution >= 4 is 22.6 Å². The summed E-state index contributed by atoms with van der Waals surface area (Å²) < 4.78 is 7.68. The first-order valence-electron chi connectivity index (χ1n) is 9.40. The predicted molar refractivity (Wildman–Crippen MR) is 108 cm³/mol. The summed E-state index contributed by atoms with van der Waals surface area (Å²) in [6.45, 7) is 3.78. The second kappa shape index (κ2) is 7.44. The van der Waals surface area contributed by atoms with E-state index >= 15 is 0 Å². The maximum atomic E-state index is 12.7. The average Bonchev–Trinajstić information content (AvgIpc) is 3.45. The molecule has 2 atom stereocenters. The minimum atomic E-state index is -1.20. The van der Waals surface area contributed by atoms with Gasteiger partial charge in [-0.2, -0.15) is 0 Å². The summed E-state index contributed by atoms with van der Waals surface area (Å²) in [5.41, 5.74) is 7.14. The first-order chi connectivity index (χ1) is 12.9. The van der Waals surface area contributed by atoms with E-state index in [0.29, 0.717) is 22.6 Å². The number of nitrogens with zero attached hydrogens (tertiary/aromatic N) is 2. The van der Waals surface area contributed by atoms with Crippen molar-refractivity contribution in [3.63, 3.8) is 0 Å². The number of anilines is 1. The number of carboxylic acid groups (broad SMARTS) is 1. The summed E-state index contributed by atoms with van der Waals surface area (Å²) in [6, 6.07) is 3.88. The van der Waals surface area contributed by atoms with Crippen LogP contribution in [0.15, 0.2) is 23.1 Å². The molecule has 28 heavy (non-hydrogen) atoms. The van der Waals surface area contributed by atoms with E-state index in [2.05, 4.69) is 11.8 Å². The Hall–Kier alpha value is -2.58. The van der Waals surface area contributed by atoms with Gasteiger partial charge in [0.05, 0.1) is 23.7 Å². The Morgan fingerprint density at radius 3 is 2.57 bits per heavy atom. The van der Waals surface area contributed by atoms with Crippen LogP contribution in [0.4, 0.5) is 5.69 Å². The summed E-state index contributed by atoms with van der Waals surface area (Å²) in [5, 5.41) is 9.81. The number of hydrogen-bond acceptors (Lipinski definition) is 5. The van der Waals surface area contributed by atoms with Crippen LogP contribution in [0.5, 0.6) is 5.75 Å². The van der Waals surface area contributed by atoms with Crippen LogP contribution < -0.4 is 20.8 Å². The van der Waals surface area contributed by atoms with Crippen molar-refractivity contribution in [1.29, 1.82) is 0 Å². The van der Waals surface area contributed by atoms with Gasteiger partial charge in [0.25, 0.3) is 0 Å². The molecular weight excluding hydrogens is 362 g/mol. The third kappa shape index (κ3) is 3.33. The Labute approximate surface area is 162 Å². The van der Waals surface area contributed by atoms with Crippen LogP contribution in [-0.4, -0.2) is 47.4 Å². The zero-order chi connectivity index (χ0) is 19.3. The number of hydrogen-bond donors (Lipinski definition) is 2. The van der Waals surface area contributed by atoms with Gasteiger partial charge in [-0.25, -0.2) is 4.79 Å². The standard InChI is InChI=1S/C20H25N3O4.H2O/c1-11-7-12(21)9-22(8-11)16-6-5-14-17(19(16)27-2)23(13-3-4-13)10-15(18(14)24)20(25)26;/h5-6,10-13H,3-4,7-9,21H2,1-2H3,(H,25,26);1H2/t11-,12+;/m0./s1. The van der Waals surface area contributed by atoms with Gasteiger partial charge in [0.2, 0.25) is 5.43 Å². The minimum Gasteiger partial charge on any atom is -0.492 e. The Morgan fingerprint density at radius 1 is 1.29 bits per heavy atom. The van der Waals surface area contributed by atoms with Crippen LogP contribution in [0, 0.1) is 5.92 Å². The molecule has 2 heterocycles. The second-order valence-electron chi connectivity index (χ2n) is 7.84. The summed E-state index contributed by atoms with van der Waals surface area (Å²) in [5.74, 6) is -0.112. The fourth-order valence-electron chi connectivity index (χ4n) is 4.25. The average molecular weight is 389 g/mol. The van der Waals surface area contributed by atoms with Crippen LogP contribution in [0.1, 0.15) is 42.6 Å². The van der Waals surface area contributed by atoms with Crippen molar-refractivity contribution in [1.82, 2.24) is 4.57 Å². The molecule has 1 aliphatic carbocycles. The highest BCUT2D eigenvalue weighted by Crippen LogP contribution is 2.43. The van der Waals surface area contributed by atoms with Crippen LogP contribution in [0.25, 0.3) is 10.9 Å².